The molecule has 3 aromatic rings. The molecule has 0 bridgehead atoms. The van der Waals surface area contributed by atoms with Crippen LogP contribution in [0.3, 0.4) is 0 Å². The van der Waals surface area contributed by atoms with E-state index >= 15 is 0 Å². The maximum Gasteiger partial charge on any atom is 0.191 e. The number of nitrogens with one attached hydrogen (secondary N) is 2. The first-order valence-electron chi connectivity index (χ1n) is 7.85. The number of nitrogens with zero attached hydrogens (tertiary/aromatic N) is 4. The number of fused-ring (bicyclic) bond motifs is 1. The van der Waals surface area contributed by atoms with Crippen molar-refractivity contribution >= 4 is 40.2 Å². The molecule has 0 spiro atoms. The first-order valence-corrected chi connectivity index (χ1v) is 8.61. The van der Waals surface area contributed by atoms with E-state index in [0.717, 1.165) is 22.6 Å². The number of halogens is 2. The summed E-state index contributed by atoms with van der Waals surface area (Å²) in [7, 11) is 5.62. The van der Waals surface area contributed by atoms with Crippen molar-refractivity contribution in [2.75, 3.05) is 7.05 Å². The predicted molar refractivity (Wildman–Crippen MR) is 103 cm³/mol. The van der Waals surface area contributed by atoms with E-state index in [1.165, 1.54) is 0 Å². The number of aliphatic imine (C=N–C) groups is 1. The number of guanidine groups is 1. The minimum atomic E-state index is 0.529. The summed E-state index contributed by atoms with van der Waals surface area (Å²) in [6.45, 7) is 1.13. The molecule has 1 aromatic carbocycles. The molecule has 2 aromatic heterocycles. The van der Waals surface area contributed by atoms with Gasteiger partial charge in [-0.05, 0) is 18.2 Å². The molecule has 25 heavy (non-hydrogen) atoms. The molecule has 0 unspecified atom stereocenters. The van der Waals surface area contributed by atoms with E-state index in [9.17, 15) is 0 Å². The Labute approximate surface area is 156 Å². The van der Waals surface area contributed by atoms with Crippen molar-refractivity contribution < 1.29 is 0 Å². The fourth-order valence-electron chi connectivity index (χ4n) is 2.67. The van der Waals surface area contributed by atoms with Crippen LogP contribution in [0, 0.1) is 0 Å². The standard InChI is InChI=1S/C17H20Cl2N6/c1-20-17(21-9-11-8-12(18)16(19)24(11)2)22-10-15-23-13-6-4-5-7-14(13)25(15)3/h4-8H,9-10H2,1-3H3,(H2,20,21,22). The SMILES string of the molecule is CN=C(NCc1cc(Cl)c(Cl)n1C)NCc1nc2ccccc2n1C. The Bertz CT molecular complexity index is 925. The summed E-state index contributed by atoms with van der Waals surface area (Å²) >= 11 is 12.1. The Hall–Kier alpha value is -2.18. The average molecular weight is 379 g/mol. The molecule has 0 atom stereocenters. The molecule has 6 nitrogen and oxygen atoms in total. The minimum Gasteiger partial charge on any atom is -0.351 e. The lowest BCUT2D eigenvalue weighted by Crippen LogP contribution is -2.37. The van der Waals surface area contributed by atoms with Gasteiger partial charge < -0.3 is 19.8 Å². The Morgan fingerprint density at radius 1 is 1.12 bits per heavy atom. The van der Waals surface area contributed by atoms with Gasteiger partial charge in [0.1, 0.15) is 11.0 Å². The van der Waals surface area contributed by atoms with Crippen molar-refractivity contribution in [3.05, 3.63) is 52.0 Å². The van der Waals surface area contributed by atoms with Crippen LogP contribution in [0.4, 0.5) is 0 Å². The third-order valence-electron chi connectivity index (χ3n) is 4.17. The molecule has 132 valence electrons. The number of para-hydroxylation sites is 2. The highest BCUT2D eigenvalue weighted by Gasteiger charge is 2.10. The van der Waals surface area contributed by atoms with Gasteiger partial charge in [-0.15, -0.1) is 0 Å². The summed E-state index contributed by atoms with van der Waals surface area (Å²) in [5, 5.41) is 7.61. The molecule has 0 saturated carbocycles. The highest BCUT2D eigenvalue weighted by atomic mass is 35.5. The van der Waals surface area contributed by atoms with Crippen molar-refractivity contribution in [1.82, 2.24) is 24.8 Å². The highest BCUT2D eigenvalue weighted by Crippen LogP contribution is 2.24. The van der Waals surface area contributed by atoms with Gasteiger partial charge in [0, 0.05) is 26.8 Å². The number of benzene rings is 1. The van der Waals surface area contributed by atoms with Crippen LogP contribution >= 0.6 is 23.2 Å². The highest BCUT2D eigenvalue weighted by molar-refractivity contribution is 6.41. The number of hydrogen-bond donors (Lipinski definition) is 2. The van der Waals surface area contributed by atoms with E-state index in [2.05, 4.69) is 31.2 Å². The van der Waals surface area contributed by atoms with Crippen LogP contribution in [0.25, 0.3) is 11.0 Å². The molecule has 8 heteroatoms. The van der Waals surface area contributed by atoms with Crippen LogP contribution in [0.1, 0.15) is 11.5 Å². The first-order chi connectivity index (χ1) is 12.0. The number of hydrogen-bond acceptors (Lipinski definition) is 2. The zero-order chi connectivity index (χ0) is 18.0. The van der Waals surface area contributed by atoms with Crippen LogP contribution in [0.2, 0.25) is 10.2 Å². The maximum atomic E-state index is 6.09. The molecule has 0 saturated heterocycles. The fraction of sp³-hybridized carbons (Fsp3) is 0.294. The smallest absolute Gasteiger partial charge is 0.191 e. The summed E-state index contributed by atoms with van der Waals surface area (Å²) in [5.41, 5.74) is 3.06. The molecule has 0 aliphatic carbocycles. The van der Waals surface area contributed by atoms with Crippen molar-refractivity contribution in [3.8, 4) is 0 Å². The molecule has 0 aliphatic heterocycles. The molecule has 0 amide bonds. The Kier molecular flexibility index (Phi) is 5.20. The van der Waals surface area contributed by atoms with Crippen LogP contribution in [0.15, 0.2) is 35.3 Å². The van der Waals surface area contributed by atoms with Gasteiger partial charge in [-0.3, -0.25) is 4.99 Å². The predicted octanol–water partition coefficient (Wildman–Crippen LogP) is 3.08. The van der Waals surface area contributed by atoms with E-state index in [0.29, 0.717) is 29.2 Å². The number of imidazole rings is 1. The normalized spacial score (nSPS) is 12.0. The molecule has 0 radical (unpaired) electrons. The molecular weight excluding hydrogens is 359 g/mol. The molecular formula is C17H20Cl2N6. The Balaban J connectivity index is 1.64. The number of aromatic nitrogens is 3. The second-order valence-corrected chi connectivity index (χ2v) is 6.45. The summed E-state index contributed by atoms with van der Waals surface area (Å²) in [4.78, 5) is 8.89. The van der Waals surface area contributed by atoms with Gasteiger partial charge >= 0.3 is 0 Å². The monoisotopic (exact) mass is 378 g/mol. The van der Waals surface area contributed by atoms with Crippen LogP contribution in [-0.4, -0.2) is 27.1 Å². The van der Waals surface area contributed by atoms with Gasteiger partial charge in [-0.1, -0.05) is 35.3 Å². The molecule has 2 heterocycles. The van der Waals surface area contributed by atoms with E-state index in [4.69, 9.17) is 23.2 Å². The van der Waals surface area contributed by atoms with E-state index < -0.39 is 0 Å². The fourth-order valence-corrected chi connectivity index (χ4v) is 3.09. The van der Waals surface area contributed by atoms with E-state index in [1.807, 2.05) is 42.9 Å². The first kappa shape index (κ1) is 17.6. The van der Waals surface area contributed by atoms with Gasteiger partial charge in [0.15, 0.2) is 5.96 Å². The molecule has 0 aliphatic rings. The quantitative estimate of drug-likeness (QED) is 0.541. The number of aryl methyl sites for hydroxylation is 1. The zero-order valence-corrected chi connectivity index (χ0v) is 15.9. The Morgan fingerprint density at radius 2 is 1.84 bits per heavy atom. The number of rotatable bonds is 4. The third-order valence-corrected chi connectivity index (χ3v) is 5.01. The zero-order valence-electron chi connectivity index (χ0n) is 14.3. The molecule has 0 fully saturated rings. The second-order valence-electron chi connectivity index (χ2n) is 5.69. The van der Waals surface area contributed by atoms with Crippen molar-refractivity contribution in [2.24, 2.45) is 19.1 Å². The van der Waals surface area contributed by atoms with E-state index in [1.54, 1.807) is 7.05 Å². The lowest BCUT2D eigenvalue weighted by molar-refractivity contribution is 0.720. The Morgan fingerprint density at radius 3 is 2.48 bits per heavy atom. The van der Waals surface area contributed by atoms with Crippen molar-refractivity contribution in [1.29, 1.82) is 0 Å². The van der Waals surface area contributed by atoms with Gasteiger partial charge in [-0.25, -0.2) is 4.98 Å². The lowest BCUT2D eigenvalue weighted by atomic mass is 10.3. The van der Waals surface area contributed by atoms with Crippen LogP contribution in [0.5, 0.6) is 0 Å². The van der Waals surface area contributed by atoms with Crippen LogP contribution in [-0.2, 0) is 27.2 Å². The van der Waals surface area contributed by atoms with Gasteiger partial charge in [0.05, 0.1) is 29.1 Å². The molecule has 2 N–H and O–H groups in total. The average Bonchev–Trinajstić information content (AvgIpc) is 3.07. The minimum absolute atomic E-state index is 0.529. The lowest BCUT2D eigenvalue weighted by Gasteiger charge is -2.12. The summed E-state index contributed by atoms with van der Waals surface area (Å²) in [5.74, 6) is 1.62. The third kappa shape index (κ3) is 3.60. The largest absolute Gasteiger partial charge is 0.351 e. The summed E-state index contributed by atoms with van der Waals surface area (Å²) < 4.78 is 3.92. The van der Waals surface area contributed by atoms with Gasteiger partial charge in [0.25, 0.3) is 0 Å². The van der Waals surface area contributed by atoms with E-state index in [-0.39, 0.29) is 0 Å². The maximum absolute atomic E-state index is 6.09. The second kappa shape index (κ2) is 7.37. The van der Waals surface area contributed by atoms with Gasteiger partial charge in [-0.2, -0.15) is 0 Å². The van der Waals surface area contributed by atoms with Crippen molar-refractivity contribution in [3.63, 3.8) is 0 Å². The summed E-state index contributed by atoms with van der Waals surface area (Å²) in [6, 6.07) is 9.91. The molecule has 3 rings (SSSR count). The summed E-state index contributed by atoms with van der Waals surface area (Å²) in [6.07, 6.45) is 0. The van der Waals surface area contributed by atoms with Crippen LogP contribution < -0.4 is 10.6 Å². The van der Waals surface area contributed by atoms with Gasteiger partial charge in [0.2, 0.25) is 0 Å². The topological polar surface area (TPSA) is 59.2 Å². The van der Waals surface area contributed by atoms with Crippen molar-refractivity contribution in [2.45, 2.75) is 13.1 Å².